The standard InChI is InChI=1S/C56H104O14/c1-3-5-7-9-11-13-15-17-19-21-23-25-27-29-31-33-35-37-39-48(58)68-45(42-65-40-38-36-34-32-30-28-26-24-22-20-18-16-14-12-10-8-6-4-2)43-66-55-54(64)52(62)50(60)47(70-55)44-67-56-53(63)51(61)49(59)46(41-57)69-56/h12,14,18,20,45-47,49-57,59-64H,3-11,13,15-17,19,21-44H2,1-2H3/b14-12-,20-18-. The Balaban J connectivity index is 1.73. The van der Waals surface area contributed by atoms with Gasteiger partial charge in [-0.3, -0.25) is 4.79 Å². The highest BCUT2D eigenvalue weighted by Crippen LogP contribution is 2.27. The van der Waals surface area contributed by atoms with Crippen molar-refractivity contribution in [3.8, 4) is 0 Å². The van der Waals surface area contributed by atoms with Crippen LogP contribution in [0.4, 0.5) is 0 Å². The van der Waals surface area contributed by atoms with Crippen molar-refractivity contribution in [3.05, 3.63) is 24.3 Å². The second-order valence-corrected chi connectivity index (χ2v) is 20.1. The molecule has 11 atom stereocenters. The number of hydrogen-bond acceptors (Lipinski definition) is 14. The first kappa shape index (κ1) is 64.6. The van der Waals surface area contributed by atoms with Crippen molar-refractivity contribution in [3.63, 3.8) is 0 Å². The van der Waals surface area contributed by atoms with Crippen molar-refractivity contribution in [2.75, 3.05) is 33.0 Å². The van der Waals surface area contributed by atoms with Gasteiger partial charge in [0, 0.05) is 13.0 Å². The summed E-state index contributed by atoms with van der Waals surface area (Å²) in [5.41, 5.74) is 0. The molecule has 2 rings (SSSR count). The Bertz CT molecular complexity index is 1250. The minimum Gasteiger partial charge on any atom is -0.457 e. The van der Waals surface area contributed by atoms with Gasteiger partial charge in [-0.15, -0.1) is 0 Å². The average molecular weight is 1000 g/mol. The zero-order valence-corrected chi connectivity index (χ0v) is 44.0. The van der Waals surface area contributed by atoms with Crippen LogP contribution in [0.1, 0.15) is 226 Å². The van der Waals surface area contributed by atoms with Crippen LogP contribution in [-0.2, 0) is 33.2 Å². The first-order valence-corrected chi connectivity index (χ1v) is 28.4. The van der Waals surface area contributed by atoms with Crippen LogP contribution in [0.3, 0.4) is 0 Å². The van der Waals surface area contributed by atoms with Crippen LogP contribution in [0.2, 0.25) is 0 Å². The van der Waals surface area contributed by atoms with E-state index in [9.17, 15) is 40.5 Å². The Morgan fingerprint density at radius 3 is 1.40 bits per heavy atom. The summed E-state index contributed by atoms with van der Waals surface area (Å²) in [4.78, 5) is 13.1. The van der Waals surface area contributed by atoms with Crippen molar-refractivity contribution < 1.29 is 69.0 Å². The van der Waals surface area contributed by atoms with Gasteiger partial charge in [0.2, 0.25) is 0 Å². The third-order valence-corrected chi connectivity index (χ3v) is 13.7. The van der Waals surface area contributed by atoms with Gasteiger partial charge >= 0.3 is 5.97 Å². The molecule has 0 bridgehead atoms. The maximum Gasteiger partial charge on any atom is 0.306 e. The minimum atomic E-state index is -1.71. The van der Waals surface area contributed by atoms with Crippen molar-refractivity contribution in [2.24, 2.45) is 0 Å². The third kappa shape index (κ3) is 30.6. The molecule has 412 valence electrons. The van der Waals surface area contributed by atoms with E-state index in [1.807, 2.05) is 0 Å². The molecule has 0 saturated carbocycles. The lowest BCUT2D eigenvalue weighted by Crippen LogP contribution is -2.61. The molecule has 70 heavy (non-hydrogen) atoms. The maximum absolute atomic E-state index is 13.1. The monoisotopic (exact) mass is 1000 g/mol. The van der Waals surface area contributed by atoms with E-state index in [0.29, 0.717) is 13.0 Å². The molecule has 2 aliphatic rings. The van der Waals surface area contributed by atoms with Gasteiger partial charge in [-0.1, -0.05) is 199 Å². The molecule has 0 aromatic carbocycles. The lowest BCUT2D eigenvalue weighted by Gasteiger charge is -2.42. The summed E-state index contributed by atoms with van der Waals surface area (Å²) >= 11 is 0. The molecular formula is C56H104O14. The van der Waals surface area contributed by atoms with Gasteiger partial charge in [0.15, 0.2) is 12.6 Å². The number of ether oxygens (including phenoxy) is 6. The van der Waals surface area contributed by atoms with Gasteiger partial charge in [0.25, 0.3) is 0 Å². The number of aliphatic hydroxyl groups excluding tert-OH is 7. The number of carbonyl (C=O) groups is 1. The van der Waals surface area contributed by atoms with Gasteiger partial charge in [-0.05, 0) is 44.9 Å². The number of allylic oxidation sites excluding steroid dienone is 4. The van der Waals surface area contributed by atoms with Gasteiger partial charge in [0.05, 0.1) is 26.4 Å². The topological polar surface area (TPSA) is 214 Å². The molecule has 0 aromatic rings. The molecule has 2 fully saturated rings. The summed E-state index contributed by atoms with van der Waals surface area (Å²) < 4.78 is 34.4. The van der Waals surface area contributed by atoms with E-state index >= 15 is 0 Å². The molecular weight excluding hydrogens is 897 g/mol. The van der Waals surface area contributed by atoms with E-state index < -0.39 is 80.7 Å². The zero-order valence-electron chi connectivity index (χ0n) is 44.0. The molecule has 2 aliphatic heterocycles. The first-order valence-electron chi connectivity index (χ1n) is 28.4. The quantitative estimate of drug-likeness (QED) is 0.0172. The lowest BCUT2D eigenvalue weighted by atomic mass is 9.98. The first-order chi connectivity index (χ1) is 34.1. The number of hydrogen-bond donors (Lipinski definition) is 7. The highest BCUT2D eigenvalue weighted by Gasteiger charge is 2.47. The second-order valence-electron chi connectivity index (χ2n) is 20.1. The molecule has 7 N–H and O–H groups in total. The Morgan fingerprint density at radius 1 is 0.471 bits per heavy atom. The van der Waals surface area contributed by atoms with Gasteiger partial charge in [-0.2, -0.15) is 0 Å². The largest absolute Gasteiger partial charge is 0.457 e. The summed E-state index contributed by atoms with van der Waals surface area (Å²) in [7, 11) is 0. The van der Waals surface area contributed by atoms with Crippen molar-refractivity contribution in [2.45, 2.75) is 293 Å². The molecule has 11 unspecified atom stereocenters. The molecule has 2 saturated heterocycles. The SMILES string of the molecule is CCCCC/C=C\C/C=C\CCCCCCCCCCOCC(COC1OC(COC2OC(CO)C(O)C(O)C2O)C(O)C(O)C1O)OC(=O)CCCCCCCCCCCCCCCCCCCC. The summed E-state index contributed by atoms with van der Waals surface area (Å²) in [6.07, 6.45) is 32.3. The Hall–Kier alpha value is -1.53. The van der Waals surface area contributed by atoms with Crippen LogP contribution in [0.5, 0.6) is 0 Å². The molecule has 0 spiro atoms. The summed E-state index contributed by atoms with van der Waals surface area (Å²) in [6.45, 7) is 3.69. The normalized spacial score (nSPS) is 25.6. The highest BCUT2D eigenvalue weighted by molar-refractivity contribution is 5.69. The zero-order chi connectivity index (χ0) is 50.9. The Kier molecular flexibility index (Phi) is 40.4. The van der Waals surface area contributed by atoms with E-state index in [4.69, 9.17) is 28.4 Å². The highest BCUT2D eigenvalue weighted by atomic mass is 16.7. The number of carbonyl (C=O) groups excluding carboxylic acids is 1. The minimum absolute atomic E-state index is 0.0617. The average Bonchev–Trinajstić information content (AvgIpc) is 3.36. The van der Waals surface area contributed by atoms with Crippen LogP contribution < -0.4 is 0 Å². The van der Waals surface area contributed by atoms with Gasteiger partial charge in [0.1, 0.15) is 54.9 Å². The molecule has 14 heteroatoms. The number of esters is 1. The summed E-state index contributed by atoms with van der Waals surface area (Å²) in [6, 6.07) is 0. The van der Waals surface area contributed by atoms with Crippen LogP contribution >= 0.6 is 0 Å². The molecule has 0 aromatic heterocycles. The fourth-order valence-electron chi connectivity index (χ4n) is 9.08. The van der Waals surface area contributed by atoms with Crippen LogP contribution in [-0.4, -0.2) is 142 Å². The Labute approximate surface area is 424 Å². The molecule has 14 nitrogen and oxygen atoms in total. The van der Waals surface area contributed by atoms with Crippen molar-refractivity contribution >= 4 is 5.97 Å². The van der Waals surface area contributed by atoms with E-state index in [-0.39, 0.29) is 25.6 Å². The van der Waals surface area contributed by atoms with E-state index in [1.54, 1.807) is 0 Å². The smallest absolute Gasteiger partial charge is 0.306 e. The maximum atomic E-state index is 13.1. The van der Waals surface area contributed by atoms with Crippen LogP contribution in [0, 0.1) is 0 Å². The summed E-state index contributed by atoms with van der Waals surface area (Å²) in [5.74, 6) is -0.374. The third-order valence-electron chi connectivity index (χ3n) is 13.7. The van der Waals surface area contributed by atoms with E-state index in [0.717, 1.165) is 51.4 Å². The van der Waals surface area contributed by atoms with E-state index in [2.05, 4.69) is 38.2 Å². The molecule has 2 heterocycles. The predicted octanol–water partition coefficient (Wildman–Crippen LogP) is 9.58. The number of rotatable bonds is 46. The molecule has 0 amide bonds. The predicted molar refractivity (Wildman–Crippen MR) is 275 cm³/mol. The van der Waals surface area contributed by atoms with Gasteiger partial charge < -0.3 is 64.2 Å². The lowest BCUT2D eigenvalue weighted by molar-refractivity contribution is -0.332. The van der Waals surface area contributed by atoms with E-state index in [1.165, 1.54) is 148 Å². The molecule has 0 aliphatic carbocycles. The Morgan fingerprint density at radius 2 is 0.886 bits per heavy atom. The molecule has 0 radical (unpaired) electrons. The van der Waals surface area contributed by atoms with Crippen molar-refractivity contribution in [1.29, 1.82) is 0 Å². The fourth-order valence-corrected chi connectivity index (χ4v) is 9.08. The van der Waals surface area contributed by atoms with Crippen LogP contribution in [0.25, 0.3) is 0 Å². The number of aliphatic hydroxyl groups is 7. The second kappa shape index (κ2) is 43.8. The number of unbranched alkanes of at least 4 members (excludes halogenated alkanes) is 28. The van der Waals surface area contributed by atoms with Crippen LogP contribution in [0.15, 0.2) is 24.3 Å². The van der Waals surface area contributed by atoms with Crippen molar-refractivity contribution in [1.82, 2.24) is 0 Å². The summed E-state index contributed by atoms with van der Waals surface area (Å²) in [5, 5.41) is 72.3. The fraction of sp³-hybridized carbons (Fsp3) is 0.911. The van der Waals surface area contributed by atoms with Gasteiger partial charge in [-0.25, -0.2) is 0 Å².